The van der Waals surface area contributed by atoms with E-state index in [1.807, 2.05) is 18.5 Å². The van der Waals surface area contributed by atoms with Gasteiger partial charge in [0.1, 0.15) is 5.69 Å². The van der Waals surface area contributed by atoms with Gasteiger partial charge in [-0.3, -0.25) is 14.8 Å². The van der Waals surface area contributed by atoms with E-state index in [1.54, 1.807) is 0 Å². The van der Waals surface area contributed by atoms with Gasteiger partial charge in [0, 0.05) is 45.1 Å². The Kier molecular flexibility index (Phi) is 4.35. The Hall–Kier alpha value is -1.79. The molecule has 4 heterocycles. The van der Waals surface area contributed by atoms with Crippen molar-refractivity contribution < 1.29 is 0 Å². The van der Waals surface area contributed by atoms with Crippen LogP contribution in [0.2, 0.25) is 0 Å². The quantitative estimate of drug-likeness (QED) is 0.859. The Morgan fingerprint density at radius 1 is 0.957 bits per heavy atom. The number of hydrogen-bond donors (Lipinski definition) is 0. The first-order valence-corrected chi connectivity index (χ1v) is 8.63. The summed E-state index contributed by atoms with van der Waals surface area (Å²) in [6, 6.07) is 4.16. The van der Waals surface area contributed by atoms with E-state index in [9.17, 15) is 0 Å². The molecule has 0 atom stereocenters. The molecule has 0 unspecified atom stereocenters. The summed E-state index contributed by atoms with van der Waals surface area (Å²) in [6.45, 7) is 7.31. The first-order valence-electron chi connectivity index (χ1n) is 8.63. The van der Waals surface area contributed by atoms with E-state index < -0.39 is 0 Å². The summed E-state index contributed by atoms with van der Waals surface area (Å²) in [5.74, 6) is 0. The minimum absolute atomic E-state index is 0.936. The molecule has 0 aromatic carbocycles. The third kappa shape index (κ3) is 3.43. The van der Waals surface area contributed by atoms with Crippen molar-refractivity contribution in [3.05, 3.63) is 41.5 Å². The molecule has 6 nitrogen and oxygen atoms in total. The van der Waals surface area contributed by atoms with Gasteiger partial charge in [0.05, 0.1) is 5.69 Å². The molecule has 0 amide bonds. The zero-order valence-corrected chi connectivity index (χ0v) is 13.6. The normalized spacial score (nSPS) is 19.7. The fraction of sp³-hybridized carbons (Fsp3) is 0.588. The molecule has 2 aromatic rings. The van der Waals surface area contributed by atoms with Crippen LogP contribution < -0.4 is 0 Å². The van der Waals surface area contributed by atoms with Crippen LogP contribution in [-0.4, -0.2) is 49.4 Å². The Bertz CT molecular complexity index is 632. The molecule has 2 aromatic heterocycles. The minimum atomic E-state index is 0.936. The van der Waals surface area contributed by atoms with Crippen LogP contribution >= 0.6 is 0 Å². The van der Waals surface area contributed by atoms with E-state index >= 15 is 0 Å². The summed E-state index contributed by atoms with van der Waals surface area (Å²) in [5, 5.41) is 8.88. The average molecular weight is 312 g/mol. The molecule has 0 aliphatic carbocycles. The highest BCUT2D eigenvalue weighted by atomic mass is 15.4. The molecule has 4 rings (SSSR count). The molecule has 2 aliphatic rings. The van der Waals surface area contributed by atoms with E-state index in [-0.39, 0.29) is 0 Å². The van der Waals surface area contributed by atoms with E-state index in [1.165, 1.54) is 42.9 Å². The van der Waals surface area contributed by atoms with Crippen LogP contribution in [0.4, 0.5) is 0 Å². The lowest BCUT2D eigenvalue weighted by Gasteiger charge is -2.20. The lowest BCUT2D eigenvalue weighted by atomic mass is 10.2. The van der Waals surface area contributed by atoms with Crippen molar-refractivity contribution in [1.82, 2.24) is 29.8 Å². The number of aromatic nitrogens is 4. The summed E-state index contributed by atoms with van der Waals surface area (Å²) < 4.78 is 2.12. The van der Waals surface area contributed by atoms with Gasteiger partial charge >= 0.3 is 0 Å². The number of fused-ring (bicyclic) bond motifs is 1. The lowest BCUT2D eigenvalue weighted by Crippen LogP contribution is -2.25. The highest BCUT2D eigenvalue weighted by Gasteiger charge is 2.22. The molecule has 122 valence electrons. The lowest BCUT2D eigenvalue weighted by molar-refractivity contribution is 0.257. The highest BCUT2D eigenvalue weighted by molar-refractivity contribution is 5.13. The molecule has 0 bridgehead atoms. The zero-order chi connectivity index (χ0) is 15.5. The minimum Gasteiger partial charge on any atom is -0.297 e. The van der Waals surface area contributed by atoms with Crippen LogP contribution in [0.3, 0.4) is 0 Å². The molecule has 0 radical (unpaired) electrons. The van der Waals surface area contributed by atoms with Crippen molar-refractivity contribution in [2.24, 2.45) is 0 Å². The predicted octanol–water partition coefficient (Wildman–Crippen LogP) is 1.67. The summed E-state index contributed by atoms with van der Waals surface area (Å²) in [5.41, 5.74) is 3.75. The van der Waals surface area contributed by atoms with Gasteiger partial charge in [-0.2, -0.15) is 0 Å². The first kappa shape index (κ1) is 14.8. The third-order valence-corrected chi connectivity index (χ3v) is 4.84. The zero-order valence-electron chi connectivity index (χ0n) is 13.6. The SMILES string of the molecule is c1cncc(CN2CCCn3nnc(CN4CCCC4)c3C2)c1. The van der Waals surface area contributed by atoms with Crippen LogP contribution in [0.1, 0.15) is 36.2 Å². The van der Waals surface area contributed by atoms with Crippen LogP contribution in [0.5, 0.6) is 0 Å². The van der Waals surface area contributed by atoms with Crippen molar-refractivity contribution in [2.75, 3.05) is 19.6 Å². The predicted molar refractivity (Wildman–Crippen MR) is 87.5 cm³/mol. The summed E-state index contributed by atoms with van der Waals surface area (Å²) in [7, 11) is 0. The maximum absolute atomic E-state index is 4.48. The van der Waals surface area contributed by atoms with Crippen molar-refractivity contribution >= 4 is 0 Å². The molecular weight excluding hydrogens is 288 g/mol. The Balaban J connectivity index is 1.49. The number of pyridine rings is 1. The largest absolute Gasteiger partial charge is 0.297 e. The molecule has 0 saturated carbocycles. The topological polar surface area (TPSA) is 50.1 Å². The van der Waals surface area contributed by atoms with E-state index in [2.05, 4.69) is 35.8 Å². The van der Waals surface area contributed by atoms with E-state index in [0.717, 1.165) is 39.1 Å². The van der Waals surface area contributed by atoms with Gasteiger partial charge in [-0.25, -0.2) is 4.68 Å². The first-order chi connectivity index (χ1) is 11.4. The summed E-state index contributed by atoms with van der Waals surface area (Å²) in [6.07, 6.45) is 7.55. The maximum atomic E-state index is 4.48. The second-order valence-corrected chi connectivity index (χ2v) is 6.61. The van der Waals surface area contributed by atoms with Gasteiger partial charge in [0.25, 0.3) is 0 Å². The fourth-order valence-electron chi connectivity index (χ4n) is 3.62. The van der Waals surface area contributed by atoms with Crippen LogP contribution in [-0.2, 0) is 26.2 Å². The summed E-state index contributed by atoms with van der Waals surface area (Å²) in [4.78, 5) is 9.22. The van der Waals surface area contributed by atoms with Crippen molar-refractivity contribution in [3.8, 4) is 0 Å². The van der Waals surface area contributed by atoms with Gasteiger partial charge in [0.15, 0.2) is 0 Å². The van der Waals surface area contributed by atoms with E-state index in [4.69, 9.17) is 0 Å². The number of likely N-dealkylation sites (tertiary alicyclic amines) is 1. The van der Waals surface area contributed by atoms with Gasteiger partial charge in [-0.05, 0) is 44.0 Å². The second-order valence-electron chi connectivity index (χ2n) is 6.61. The third-order valence-electron chi connectivity index (χ3n) is 4.84. The van der Waals surface area contributed by atoms with Crippen LogP contribution in [0.15, 0.2) is 24.5 Å². The number of aryl methyl sites for hydroxylation is 1. The van der Waals surface area contributed by atoms with Gasteiger partial charge in [-0.15, -0.1) is 5.10 Å². The van der Waals surface area contributed by atoms with Crippen LogP contribution in [0.25, 0.3) is 0 Å². The molecule has 1 fully saturated rings. The molecule has 2 aliphatic heterocycles. The Morgan fingerprint density at radius 2 is 1.83 bits per heavy atom. The van der Waals surface area contributed by atoms with Gasteiger partial charge < -0.3 is 0 Å². The summed E-state index contributed by atoms with van der Waals surface area (Å²) >= 11 is 0. The molecule has 0 N–H and O–H groups in total. The van der Waals surface area contributed by atoms with Crippen LogP contribution in [0, 0.1) is 0 Å². The van der Waals surface area contributed by atoms with E-state index in [0.29, 0.717) is 0 Å². The molecule has 23 heavy (non-hydrogen) atoms. The molecule has 0 spiro atoms. The smallest absolute Gasteiger partial charge is 0.101 e. The Labute approximate surface area is 137 Å². The van der Waals surface area contributed by atoms with Crippen molar-refractivity contribution in [2.45, 2.75) is 45.4 Å². The molecule has 1 saturated heterocycles. The maximum Gasteiger partial charge on any atom is 0.101 e. The highest BCUT2D eigenvalue weighted by Crippen LogP contribution is 2.19. The van der Waals surface area contributed by atoms with Gasteiger partial charge in [-0.1, -0.05) is 11.3 Å². The molecule has 6 heteroatoms. The number of hydrogen-bond acceptors (Lipinski definition) is 5. The monoisotopic (exact) mass is 312 g/mol. The standard InChI is InChI=1S/C17H24N6/c1-2-8-21(7-1)13-16-17-14-22(9-4-10-23(17)20-19-16)12-15-5-3-6-18-11-15/h3,5-6,11H,1-2,4,7-10,12-14H2. The van der Waals surface area contributed by atoms with Gasteiger partial charge in [0.2, 0.25) is 0 Å². The fourth-order valence-corrected chi connectivity index (χ4v) is 3.62. The van der Waals surface area contributed by atoms with Crippen molar-refractivity contribution in [3.63, 3.8) is 0 Å². The average Bonchev–Trinajstić information content (AvgIpc) is 3.16. The number of nitrogens with zero attached hydrogens (tertiary/aromatic N) is 6. The Morgan fingerprint density at radius 3 is 2.65 bits per heavy atom. The van der Waals surface area contributed by atoms with Crippen molar-refractivity contribution in [1.29, 1.82) is 0 Å². The second kappa shape index (κ2) is 6.76. The molecular formula is C17H24N6. The number of rotatable bonds is 4.